The Morgan fingerprint density at radius 3 is 2.33 bits per heavy atom. The number of carbonyl (C=O) groups excluding carboxylic acids is 2. The molecule has 24 heavy (non-hydrogen) atoms. The standard InChI is InChI=1S/C16H19BrN2O5/c17-10-5-7-11(8-6-10)24-9-14(20)18-19-15(21)12-3-1-2-4-13(12)16(22)23/h5-8,12-13H,1-4,9H2,(H,18,20)(H,19,21)(H,22,23)/t12-,13-/m1/s1. The lowest BCUT2D eigenvalue weighted by molar-refractivity contribution is -0.149. The van der Waals surface area contributed by atoms with Gasteiger partial charge in [0.2, 0.25) is 5.91 Å². The number of carboxylic acid groups (broad SMARTS) is 1. The fraction of sp³-hybridized carbons (Fsp3) is 0.438. The lowest BCUT2D eigenvalue weighted by Gasteiger charge is -2.27. The molecule has 0 heterocycles. The van der Waals surface area contributed by atoms with Crippen molar-refractivity contribution in [3.63, 3.8) is 0 Å². The fourth-order valence-electron chi connectivity index (χ4n) is 2.68. The second-order valence-electron chi connectivity index (χ2n) is 5.62. The van der Waals surface area contributed by atoms with Crippen molar-refractivity contribution in [1.29, 1.82) is 0 Å². The second kappa shape index (κ2) is 8.68. The molecule has 1 aromatic carbocycles. The number of hydrogen-bond acceptors (Lipinski definition) is 4. The summed E-state index contributed by atoms with van der Waals surface area (Å²) < 4.78 is 6.18. The summed E-state index contributed by atoms with van der Waals surface area (Å²) in [5.41, 5.74) is 4.55. The fourth-order valence-corrected chi connectivity index (χ4v) is 2.94. The van der Waals surface area contributed by atoms with Crippen LogP contribution in [0.25, 0.3) is 0 Å². The molecule has 0 radical (unpaired) electrons. The van der Waals surface area contributed by atoms with E-state index in [-0.39, 0.29) is 6.61 Å². The van der Waals surface area contributed by atoms with Gasteiger partial charge in [0.1, 0.15) is 5.75 Å². The quantitative estimate of drug-likeness (QED) is 0.656. The molecule has 130 valence electrons. The van der Waals surface area contributed by atoms with Gasteiger partial charge in [-0.1, -0.05) is 28.8 Å². The van der Waals surface area contributed by atoms with E-state index in [4.69, 9.17) is 4.74 Å². The van der Waals surface area contributed by atoms with Gasteiger partial charge in [-0.05, 0) is 37.1 Å². The Bertz CT molecular complexity index is 605. The van der Waals surface area contributed by atoms with Crippen LogP contribution in [0.2, 0.25) is 0 Å². The maximum Gasteiger partial charge on any atom is 0.307 e. The van der Waals surface area contributed by atoms with Crippen LogP contribution in [0.15, 0.2) is 28.7 Å². The summed E-state index contributed by atoms with van der Waals surface area (Å²) in [4.78, 5) is 35.0. The molecule has 0 unspecified atom stereocenters. The first-order valence-electron chi connectivity index (χ1n) is 7.67. The van der Waals surface area contributed by atoms with Crippen LogP contribution in [0.4, 0.5) is 0 Å². The van der Waals surface area contributed by atoms with Gasteiger partial charge >= 0.3 is 5.97 Å². The van der Waals surface area contributed by atoms with Gasteiger partial charge in [0.15, 0.2) is 6.61 Å². The first kappa shape index (κ1) is 18.3. The molecule has 0 aromatic heterocycles. The third-order valence-corrected chi connectivity index (χ3v) is 4.46. The number of carbonyl (C=O) groups is 3. The normalized spacial score (nSPS) is 20.0. The number of rotatable bonds is 5. The number of halogens is 1. The van der Waals surface area contributed by atoms with Crippen molar-refractivity contribution in [1.82, 2.24) is 10.9 Å². The van der Waals surface area contributed by atoms with Gasteiger partial charge in [-0.15, -0.1) is 0 Å². The summed E-state index contributed by atoms with van der Waals surface area (Å²) in [7, 11) is 0. The molecule has 0 spiro atoms. The first-order valence-corrected chi connectivity index (χ1v) is 8.46. The third kappa shape index (κ3) is 5.23. The minimum atomic E-state index is -0.972. The number of carboxylic acids is 1. The van der Waals surface area contributed by atoms with Crippen molar-refractivity contribution in [2.75, 3.05) is 6.61 Å². The number of hydrogen-bond donors (Lipinski definition) is 3. The Morgan fingerprint density at radius 2 is 1.71 bits per heavy atom. The predicted molar refractivity (Wildman–Crippen MR) is 89.0 cm³/mol. The van der Waals surface area contributed by atoms with E-state index in [0.29, 0.717) is 18.6 Å². The number of benzene rings is 1. The minimum absolute atomic E-state index is 0.255. The van der Waals surface area contributed by atoms with Crippen molar-refractivity contribution < 1.29 is 24.2 Å². The van der Waals surface area contributed by atoms with Crippen molar-refractivity contribution in [2.24, 2.45) is 11.8 Å². The van der Waals surface area contributed by atoms with Crippen molar-refractivity contribution >= 4 is 33.7 Å². The molecule has 2 rings (SSSR count). The van der Waals surface area contributed by atoms with Crippen LogP contribution >= 0.6 is 15.9 Å². The molecular weight excluding hydrogens is 380 g/mol. The number of hydrazine groups is 1. The number of ether oxygens (including phenoxy) is 1. The minimum Gasteiger partial charge on any atom is -0.484 e. The van der Waals surface area contributed by atoms with Crippen molar-refractivity contribution in [2.45, 2.75) is 25.7 Å². The van der Waals surface area contributed by atoms with Crippen LogP contribution in [0.5, 0.6) is 5.75 Å². The molecule has 2 amide bonds. The van der Waals surface area contributed by atoms with Crippen LogP contribution < -0.4 is 15.6 Å². The molecule has 0 aliphatic heterocycles. The SMILES string of the molecule is O=C(COc1ccc(Br)cc1)NNC(=O)[C@@H]1CCCC[C@H]1C(=O)O. The molecular formula is C16H19BrN2O5. The molecule has 1 fully saturated rings. The number of nitrogens with one attached hydrogen (secondary N) is 2. The van der Waals surface area contributed by atoms with E-state index in [1.54, 1.807) is 24.3 Å². The average molecular weight is 399 g/mol. The van der Waals surface area contributed by atoms with E-state index in [9.17, 15) is 19.5 Å². The van der Waals surface area contributed by atoms with Crippen LogP contribution in [0.1, 0.15) is 25.7 Å². The lowest BCUT2D eigenvalue weighted by atomic mass is 9.79. The molecule has 1 aromatic rings. The predicted octanol–water partition coefficient (Wildman–Crippen LogP) is 1.87. The highest BCUT2D eigenvalue weighted by Crippen LogP contribution is 2.30. The maximum atomic E-state index is 12.1. The largest absolute Gasteiger partial charge is 0.484 e. The van der Waals surface area contributed by atoms with E-state index < -0.39 is 29.6 Å². The maximum absolute atomic E-state index is 12.1. The molecule has 0 saturated heterocycles. The topological polar surface area (TPSA) is 105 Å². The van der Waals surface area contributed by atoms with Crippen LogP contribution in [0, 0.1) is 11.8 Å². The summed E-state index contributed by atoms with van der Waals surface area (Å²) in [5.74, 6) is -2.76. The second-order valence-corrected chi connectivity index (χ2v) is 6.53. The Kier molecular flexibility index (Phi) is 6.60. The van der Waals surface area contributed by atoms with Gasteiger partial charge in [-0.3, -0.25) is 25.2 Å². The Balaban J connectivity index is 1.77. The highest BCUT2D eigenvalue weighted by Gasteiger charge is 2.35. The van der Waals surface area contributed by atoms with Gasteiger partial charge in [0.25, 0.3) is 5.91 Å². The molecule has 8 heteroatoms. The molecule has 1 saturated carbocycles. The molecule has 1 aliphatic rings. The van der Waals surface area contributed by atoms with Crippen LogP contribution in [-0.4, -0.2) is 29.5 Å². The summed E-state index contributed by atoms with van der Waals surface area (Å²) >= 11 is 3.29. The van der Waals surface area contributed by atoms with Crippen LogP contribution in [-0.2, 0) is 14.4 Å². The van der Waals surface area contributed by atoms with E-state index in [1.807, 2.05) is 0 Å². The molecule has 0 bridgehead atoms. The monoisotopic (exact) mass is 398 g/mol. The van der Waals surface area contributed by atoms with Crippen molar-refractivity contribution in [3.8, 4) is 5.75 Å². The highest BCUT2D eigenvalue weighted by atomic mass is 79.9. The van der Waals surface area contributed by atoms with Gasteiger partial charge in [0.05, 0.1) is 11.8 Å². The van der Waals surface area contributed by atoms with Gasteiger partial charge in [-0.2, -0.15) is 0 Å². The third-order valence-electron chi connectivity index (χ3n) is 3.93. The van der Waals surface area contributed by atoms with Gasteiger partial charge < -0.3 is 9.84 Å². The van der Waals surface area contributed by atoms with Gasteiger partial charge in [-0.25, -0.2) is 0 Å². The van der Waals surface area contributed by atoms with Crippen LogP contribution in [0.3, 0.4) is 0 Å². The van der Waals surface area contributed by atoms with Gasteiger partial charge in [0, 0.05) is 4.47 Å². The Hall–Kier alpha value is -2.09. The Labute approximate surface area is 147 Å². The first-order chi connectivity index (χ1) is 11.5. The smallest absolute Gasteiger partial charge is 0.307 e. The van der Waals surface area contributed by atoms with E-state index >= 15 is 0 Å². The molecule has 3 N–H and O–H groups in total. The highest BCUT2D eigenvalue weighted by molar-refractivity contribution is 9.10. The molecule has 2 atom stereocenters. The zero-order valence-corrected chi connectivity index (χ0v) is 14.5. The average Bonchev–Trinajstić information content (AvgIpc) is 2.59. The summed E-state index contributed by atoms with van der Waals surface area (Å²) in [5, 5.41) is 9.17. The summed E-state index contributed by atoms with van der Waals surface area (Å²) in [6.45, 7) is -0.255. The van der Waals surface area contributed by atoms with E-state index in [0.717, 1.165) is 17.3 Å². The van der Waals surface area contributed by atoms with E-state index in [2.05, 4.69) is 26.8 Å². The van der Waals surface area contributed by atoms with Crippen molar-refractivity contribution in [3.05, 3.63) is 28.7 Å². The Morgan fingerprint density at radius 1 is 1.08 bits per heavy atom. The molecule has 1 aliphatic carbocycles. The summed E-state index contributed by atoms with van der Waals surface area (Å²) in [6, 6.07) is 6.97. The van der Waals surface area contributed by atoms with E-state index in [1.165, 1.54) is 0 Å². The zero-order chi connectivity index (χ0) is 17.5. The molecule has 7 nitrogen and oxygen atoms in total. The zero-order valence-electron chi connectivity index (χ0n) is 13.0. The lowest BCUT2D eigenvalue weighted by Crippen LogP contribution is -2.49. The number of amides is 2. The summed E-state index contributed by atoms with van der Waals surface area (Å²) in [6.07, 6.45) is 2.60. The number of aliphatic carboxylic acids is 1.